The molecule has 0 aliphatic carbocycles. The summed E-state index contributed by atoms with van der Waals surface area (Å²) in [5, 5.41) is 9.08. The first-order chi connectivity index (χ1) is 11.0. The van der Waals surface area contributed by atoms with Gasteiger partial charge in [0, 0.05) is 32.7 Å². The molecule has 1 amide bonds. The number of nitriles is 1. The van der Waals surface area contributed by atoms with Gasteiger partial charge in [0.1, 0.15) is 11.2 Å². The monoisotopic (exact) mass is 315 g/mol. The first kappa shape index (κ1) is 17.3. The second kappa shape index (κ2) is 7.47. The zero-order valence-corrected chi connectivity index (χ0v) is 14.2. The number of benzene rings is 1. The number of hydrogen-bond acceptors (Lipinski definition) is 4. The minimum Gasteiger partial charge on any atom is -0.494 e. The molecule has 0 N–H and O–H groups in total. The molecule has 0 unspecified atom stereocenters. The van der Waals surface area contributed by atoms with Crippen molar-refractivity contribution in [2.45, 2.75) is 27.3 Å². The average molecular weight is 315 g/mol. The van der Waals surface area contributed by atoms with Crippen LogP contribution in [0.3, 0.4) is 0 Å². The molecule has 5 nitrogen and oxygen atoms in total. The van der Waals surface area contributed by atoms with E-state index in [0.29, 0.717) is 19.7 Å². The van der Waals surface area contributed by atoms with Crippen molar-refractivity contribution in [2.24, 2.45) is 5.41 Å². The molecule has 0 spiro atoms. The van der Waals surface area contributed by atoms with Crippen molar-refractivity contribution in [1.82, 2.24) is 9.80 Å². The Hall–Kier alpha value is -2.06. The Labute approximate surface area is 138 Å². The van der Waals surface area contributed by atoms with Gasteiger partial charge in [-0.05, 0) is 38.5 Å². The fourth-order valence-corrected chi connectivity index (χ4v) is 2.67. The number of piperazine rings is 1. The van der Waals surface area contributed by atoms with E-state index in [-0.39, 0.29) is 5.91 Å². The highest BCUT2D eigenvalue weighted by atomic mass is 16.5. The van der Waals surface area contributed by atoms with E-state index in [1.165, 1.54) is 5.56 Å². The highest BCUT2D eigenvalue weighted by Crippen LogP contribution is 2.20. The first-order valence-corrected chi connectivity index (χ1v) is 8.11. The number of rotatable bonds is 5. The molecule has 1 saturated heterocycles. The van der Waals surface area contributed by atoms with Crippen molar-refractivity contribution in [3.63, 3.8) is 0 Å². The van der Waals surface area contributed by atoms with Crippen LogP contribution in [-0.4, -0.2) is 48.5 Å². The maximum Gasteiger partial charge on any atom is 0.242 e. The van der Waals surface area contributed by atoms with Gasteiger partial charge >= 0.3 is 0 Å². The highest BCUT2D eigenvalue weighted by molar-refractivity contribution is 5.84. The topological polar surface area (TPSA) is 56.6 Å². The van der Waals surface area contributed by atoms with Gasteiger partial charge in [0.05, 0.1) is 12.7 Å². The van der Waals surface area contributed by atoms with E-state index in [4.69, 9.17) is 10.00 Å². The summed E-state index contributed by atoms with van der Waals surface area (Å²) < 4.78 is 5.45. The van der Waals surface area contributed by atoms with Crippen molar-refractivity contribution in [3.05, 3.63) is 29.8 Å². The van der Waals surface area contributed by atoms with Gasteiger partial charge in [-0.15, -0.1) is 0 Å². The molecule has 0 bridgehead atoms. The molecule has 1 aromatic carbocycles. The Kier molecular flexibility index (Phi) is 5.62. The summed E-state index contributed by atoms with van der Waals surface area (Å²) in [6.45, 7) is 9.92. The van der Waals surface area contributed by atoms with Crippen LogP contribution in [0.4, 0.5) is 0 Å². The van der Waals surface area contributed by atoms with Crippen molar-refractivity contribution in [2.75, 3.05) is 32.8 Å². The van der Waals surface area contributed by atoms with Gasteiger partial charge in [-0.2, -0.15) is 5.26 Å². The zero-order chi connectivity index (χ0) is 16.9. The lowest BCUT2D eigenvalue weighted by molar-refractivity contribution is -0.139. The summed E-state index contributed by atoms with van der Waals surface area (Å²) >= 11 is 0. The van der Waals surface area contributed by atoms with Gasteiger partial charge in [0.25, 0.3) is 0 Å². The lowest BCUT2D eigenvalue weighted by atomic mass is 9.93. The van der Waals surface area contributed by atoms with Crippen LogP contribution < -0.4 is 4.74 Å². The second-order valence-electron chi connectivity index (χ2n) is 6.38. The predicted molar refractivity (Wildman–Crippen MR) is 88.9 cm³/mol. The van der Waals surface area contributed by atoms with E-state index in [9.17, 15) is 4.79 Å². The lowest BCUT2D eigenvalue weighted by Crippen LogP contribution is -2.51. The number of carbonyl (C=O) groups is 1. The molecule has 2 rings (SSSR count). The number of nitrogens with zero attached hydrogens (tertiary/aromatic N) is 3. The molecule has 0 saturated carbocycles. The van der Waals surface area contributed by atoms with E-state index in [1.807, 2.05) is 19.1 Å². The molecule has 0 radical (unpaired) electrons. The SMILES string of the molecule is CCOc1ccc(CN2CCN(C(=O)C(C)(C)C#N)CC2)cc1. The van der Waals surface area contributed by atoms with Crippen LogP contribution in [0.5, 0.6) is 5.75 Å². The van der Waals surface area contributed by atoms with Crippen molar-refractivity contribution in [3.8, 4) is 11.8 Å². The molecule has 5 heteroatoms. The van der Waals surface area contributed by atoms with Gasteiger partial charge in [-0.1, -0.05) is 12.1 Å². The highest BCUT2D eigenvalue weighted by Gasteiger charge is 2.33. The molecule has 23 heavy (non-hydrogen) atoms. The average Bonchev–Trinajstić information content (AvgIpc) is 2.57. The Morgan fingerprint density at radius 3 is 2.35 bits per heavy atom. The minimum atomic E-state index is -0.933. The van der Waals surface area contributed by atoms with Crippen molar-refractivity contribution < 1.29 is 9.53 Å². The summed E-state index contributed by atoms with van der Waals surface area (Å²) in [7, 11) is 0. The van der Waals surface area contributed by atoms with Crippen LogP contribution in [0, 0.1) is 16.7 Å². The molecule has 1 fully saturated rings. The summed E-state index contributed by atoms with van der Waals surface area (Å²) in [5.74, 6) is 0.825. The van der Waals surface area contributed by atoms with E-state index in [2.05, 4.69) is 23.1 Å². The first-order valence-electron chi connectivity index (χ1n) is 8.11. The third kappa shape index (κ3) is 4.46. The molecule has 1 aliphatic heterocycles. The Balaban J connectivity index is 1.85. The molecule has 1 aliphatic rings. The lowest BCUT2D eigenvalue weighted by Gasteiger charge is -2.36. The molecular weight excluding hydrogens is 290 g/mol. The molecule has 0 aromatic heterocycles. The quantitative estimate of drug-likeness (QED) is 0.836. The Bertz CT molecular complexity index is 567. The summed E-state index contributed by atoms with van der Waals surface area (Å²) in [4.78, 5) is 16.4. The number of hydrogen-bond donors (Lipinski definition) is 0. The summed E-state index contributed by atoms with van der Waals surface area (Å²) in [5.41, 5.74) is 0.308. The van der Waals surface area contributed by atoms with E-state index >= 15 is 0 Å². The van der Waals surface area contributed by atoms with Crippen molar-refractivity contribution >= 4 is 5.91 Å². The van der Waals surface area contributed by atoms with Crippen LogP contribution in [0.1, 0.15) is 26.3 Å². The van der Waals surface area contributed by atoms with E-state index in [0.717, 1.165) is 25.4 Å². The number of ether oxygens (including phenoxy) is 1. The molecular formula is C18H25N3O2. The third-order valence-electron chi connectivity index (χ3n) is 4.11. The number of carbonyl (C=O) groups excluding carboxylic acids is 1. The van der Waals surface area contributed by atoms with Gasteiger partial charge in [-0.3, -0.25) is 9.69 Å². The summed E-state index contributed by atoms with van der Waals surface area (Å²) in [6, 6.07) is 10.2. The Morgan fingerprint density at radius 2 is 1.83 bits per heavy atom. The normalized spacial score (nSPS) is 16.0. The molecule has 124 valence electrons. The van der Waals surface area contributed by atoms with Gasteiger partial charge in [-0.25, -0.2) is 0 Å². The van der Waals surface area contributed by atoms with Crippen LogP contribution in [-0.2, 0) is 11.3 Å². The van der Waals surface area contributed by atoms with Crippen molar-refractivity contribution in [1.29, 1.82) is 5.26 Å². The van der Waals surface area contributed by atoms with Crippen LogP contribution >= 0.6 is 0 Å². The standard InChI is InChI=1S/C18H25N3O2/c1-4-23-16-7-5-15(6-8-16)13-20-9-11-21(12-10-20)17(22)18(2,3)14-19/h5-8H,4,9-13H2,1-3H3. The van der Waals surface area contributed by atoms with Gasteiger partial charge in [0.15, 0.2) is 0 Å². The van der Waals surface area contributed by atoms with E-state index in [1.54, 1.807) is 18.7 Å². The predicted octanol–water partition coefficient (Wildman–Crippen LogP) is 2.28. The summed E-state index contributed by atoms with van der Waals surface area (Å²) in [6.07, 6.45) is 0. The van der Waals surface area contributed by atoms with E-state index < -0.39 is 5.41 Å². The second-order valence-corrected chi connectivity index (χ2v) is 6.38. The fourth-order valence-electron chi connectivity index (χ4n) is 2.67. The van der Waals surface area contributed by atoms with Crippen LogP contribution in [0.25, 0.3) is 0 Å². The van der Waals surface area contributed by atoms with Crippen LogP contribution in [0.2, 0.25) is 0 Å². The van der Waals surface area contributed by atoms with Gasteiger partial charge in [0.2, 0.25) is 5.91 Å². The molecule has 0 atom stereocenters. The largest absolute Gasteiger partial charge is 0.494 e. The smallest absolute Gasteiger partial charge is 0.242 e. The number of amides is 1. The minimum absolute atomic E-state index is 0.0688. The maximum absolute atomic E-state index is 12.3. The third-order valence-corrected chi connectivity index (χ3v) is 4.11. The molecule has 1 aromatic rings. The maximum atomic E-state index is 12.3. The fraction of sp³-hybridized carbons (Fsp3) is 0.556. The zero-order valence-electron chi connectivity index (χ0n) is 14.2. The van der Waals surface area contributed by atoms with Crippen LogP contribution in [0.15, 0.2) is 24.3 Å². The van der Waals surface area contributed by atoms with Gasteiger partial charge < -0.3 is 9.64 Å². The molecule has 1 heterocycles. The Morgan fingerprint density at radius 1 is 1.22 bits per heavy atom.